The fourth-order valence-corrected chi connectivity index (χ4v) is 5.32. The zero-order chi connectivity index (χ0) is 27.4. The molecule has 1 aliphatic heterocycles. The Labute approximate surface area is 226 Å². The minimum absolute atomic E-state index is 0.225. The van der Waals surface area contributed by atoms with Crippen LogP contribution in [0.3, 0.4) is 0 Å². The molecule has 3 aromatic carbocycles. The largest absolute Gasteiger partial charge is 0.480 e. The molecule has 9 heteroatoms. The number of nitrogens with zero attached hydrogens (tertiary/aromatic N) is 2. The number of pyridine rings is 1. The van der Waals surface area contributed by atoms with Crippen molar-refractivity contribution in [1.82, 2.24) is 20.5 Å². The molecule has 9 nitrogen and oxygen atoms in total. The number of nitrogens with one attached hydrogen (secondary N) is 2. The first-order valence-electron chi connectivity index (χ1n) is 13.0. The number of likely N-dealkylation sites (tertiary alicyclic amines) is 1. The molecule has 2 atom stereocenters. The Hall–Kier alpha value is -4.50. The van der Waals surface area contributed by atoms with E-state index in [4.69, 9.17) is 5.73 Å². The third-order valence-electron chi connectivity index (χ3n) is 7.27. The lowest BCUT2D eigenvalue weighted by Crippen LogP contribution is -2.53. The highest BCUT2D eigenvalue weighted by molar-refractivity contribution is 5.93. The molecule has 39 heavy (non-hydrogen) atoms. The monoisotopic (exact) mass is 525 g/mol. The van der Waals surface area contributed by atoms with Crippen molar-refractivity contribution < 1.29 is 19.5 Å². The molecule has 0 radical (unpaired) electrons. The van der Waals surface area contributed by atoms with Crippen LogP contribution in [0.4, 0.5) is 5.82 Å². The van der Waals surface area contributed by atoms with Crippen LogP contribution in [0.15, 0.2) is 72.9 Å². The summed E-state index contributed by atoms with van der Waals surface area (Å²) >= 11 is 0. The van der Waals surface area contributed by atoms with Crippen LogP contribution in [0.1, 0.15) is 24.0 Å². The Morgan fingerprint density at radius 3 is 2.69 bits per heavy atom. The second-order valence-corrected chi connectivity index (χ2v) is 9.83. The van der Waals surface area contributed by atoms with Crippen LogP contribution in [-0.4, -0.2) is 57.9 Å². The van der Waals surface area contributed by atoms with E-state index < -0.39 is 18.1 Å². The Morgan fingerprint density at radius 1 is 1.03 bits per heavy atom. The van der Waals surface area contributed by atoms with Gasteiger partial charge in [0.15, 0.2) is 0 Å². The molecule has 0 spiro atoms. The molecule has 0 aliphatic carbocycles. The zero-order valence-corrected chi connectivity index (χ0v) is 21.5. The molecule has 1 saturated heterocycles. The van der Waals surface area contributed by atoms with E-state index in [0.29, 0.717) is 38.2 Å². The van der Waals surface area contributed by atoms with Gasteiger partial charge >= 0.3 is 5.97 Å². The number of nitrogen functional groups attached to an aromatic ring is 1. The number of carboxylic acid groups (broad SMARTS) is 1. The molecule has 5 N–H and O–H groups in total. The van der Waals surface area contributed by atoms with Crippen LogP contribution in [-0.2, 0) is 27.3 Å². The van der Waals surface area contributed by atoms with Crippen LogP contribution in [0.2, 0.25) is 0 Å². The number of anilines is 1. The summed E-state index contributed by atoms with van der Waals surface area (Å²) < 4.78 is 0. The highest BCUT2D eigenvalue weighted by atomic mass is 16.4. The van der Waals surface area contributed by atoms with Gasteiger partial charge in [0, 0.05) is 24.7 Å². The Morgan fingerprint density at radius 2 is 1.85 bits per heavy atom. The van der Waals surface area contributed by atoms with Crippen LogP contribution in [0.25, 0.3) is 21.5 Å². The Balaban J connectivity index is 1.30. The van der Waals surface area contributed by atoms with Crippen LogP contribution in [0.5, 0.6) is 0 Å². The van der Waals surface area contributed by atoms with Crippen molar-refractivity contribution in [1.29, 1.82) is 0 Å². The number of aromatic nitrogens is 1. The van der Waals surface area contributed by atoms with Crippen LogP contribution >= 0.6 is 0 Å². The summed E-state index contributed by atoms with van der Waals surface area (Å²) in [7, 11) is 0. The lowest BCUT2D eigenvalue weighted by molar-refractivity contribution is -0.141. The number of hydrogen-bond donors (Lipinski definition) is 4. The fourth-order valence-electron chi connectivity index (χ4n) is 5.32. The summed E-state index contributed by atoms with van der Waals surface area (Å²) in [6.07, 6.45) is 3.21. The lowest BCUT2D eigenvalue weighted by atomic mass is 9.98. The van der Waals surface area contributed by atoms with Crippen molar-refractivity contribution in [2.24, 2.45) is 0 Å². The molecule has 4 aromatic rings. The molecule has 200 valence electrons. The third kappa shape index (κ3) is 5.83. The van der Waals surface area contributed by atoms with Gasteiger partial charge in [-0.05, 0) is 58.7 Å². The van der Waals surface area contributed by atoms with Gasteiger partial charge < -0.3 is 21.1 Å². The van der Waals surface area contributed by atoms with E-state index in [0.717, 1.165) is 32.7 Å². The number of amides is 2. The molecule has 2 amide bonds. The van der Waals surface area contributed by atoms with Gasteiger partial charge in [0.25, 0.3) is 0 Å². The predicted molar refractivity (Wildman–Crippen MR) is 150 cm³/mol. The summed E-state index contributed by atoms with van der Waals surface area (Å²) in [5, 5.41) is 19.0. The molecule has 1 aromatic heterocycles. The topological polar surface area (TPSA) is 138 Å². The van der Waals surface area contributed by atoms with E-state index in [-0.39, 0.29) is 18.4 Å². The molecule has 2 heterocycles. The number of hydrogen-bond acceptors (Lipinski definition) is 6. The number of fused-ring (bicyclic) bond motifs is 2. The quantitative estimate of drug-likeness (QED) is 0.264. The fraction of sp³-hybridized carbons (Fsp3) is 0.267. The second-order valence-electron chi connectivity index (χ2n) is 9.83. The molecule has 0 bridgehead atoms. The van der Waals surface area contributed by atoms with E-state index >= 15 is 0 Å². The summed E-state index contributed by atoms with van der Waals surface area (Å²) in [6.45, 7) is 0.403. The lowest BCUT2D eigenvalue weighted by Gasteiger charge is -2.29. The number of carboxylic acids is 1. The van der Waals surface area contributed by atoms with E-state index in [1.54, 1.807) is 11.1 Å². The van der Waals surface area contributed by atoms with Crippen molar-refractivity contribution >= 4 is 45.1 Å². The number of rotatable bonds is 9. The SMILES string of the molecule is Nc1nccc2cc(CNC(=O)C3CCCN3C(=O)C(Cc3cccc4ccccc34)NCC(=O)O)ccc12. The van der Waals surface area contributed by atoms with Gasteiger partial charge in [-0.15, -0.1) is 0 Å². The van der Waals surface area contributed by atoms with Gasteiger partial charge in [-0.25, -0.2) is 4.98 Å². The van der Waals surface area contributed by atoms with E-state index in [9.17, 15) is 19.5 Å². The van der Waals surface area contributed by atoms with Crippen molar-refractivity contribution in [3.05, 3.63) is 84.1 Å². The summed E-state index contributed by atoms with van der Waals surface area (Å²) in [5.41, 5.74) is 7.79. The van der Waals surface area contributed by atoms with E-state index in [1.807, 2.05) is 66.7 Å². The number of nitrogens with two attached hydrogens (primary N) is 1. The number of aliphatic carboxylic acids is 1. The minimum atomic E-state index is -1.05. The van der Waals surface area contributed by atoms with E-state index in [2.05, 4.69) is 15.6 Å². The first-order valence-corrected chi connectivity index (χ1v) is 13.0. The molecule has 0 saturated carbocycles. The van der Waals surface area contributed by atoms with E-state index in [1.165, 1.54) is 0 Å². The minimum Gasteiger partial charge on any atom is -0.480 e. The highest BCUT2D eigenvalue weighted by Gasteiger charge is 2.37. The Kier molecular flexibility index (Phi) is 7.69. The van der Waals surface area contributed by atoms with Gasteiger partial charge in [-0.3, -0.25) is 19.7 Å². The van der Waals surface area contributed by atoms with Gasteiger partial charge in [-0.1, -0.05) is 54.6 Å². The van der Waals surface area contributed by atoms with Crippen molar-refractivity contribution in [2.75, 3.05) is 18.8 Å². The second kappa shape index (κ2) is 11.5. The van der Waals surface area contributed by atoms with Gasteiger partial charge in [0.2, 0.25) is 11.8 Å². The maximum Gasteiger partial charge on any atom is 0.317 e. The first kappa shape index (κ1) is 26.1. The highest BCUT2D eigenvalue weighted by Crippen LogP contribution is 2.24. The average molecular weight is 526 g/mol. The summed E-state index contributed by atoms with van der Waals surface area (Å²) in [6, 6.07) is 20.0. The van der Waals surface area contributed by atoms with Crippen molar-refractivity contribution in [3.8, 4) is 0 Å². The number of benzene rings is 3. The average Bonchev–Trinajstić information content (AvgIpc) is 3.44. The Bertz CT molecular complexity index is 1530. The van der Waals surface area contributed by atoms with Crippen molar-refractivity contribution in [2.45, 2.75) is 37.9 Å². The smallest absolute Gasteiger partial charge is 0.317 e. The third-order valence-corrected chi connectivity index (χ3v) is 7.27. The normalized spacial score (nSPS) is 15.9. The first-order chi connectivity index (χ1) is 18.9. The molecule has 1 aliphatic rings. The maximum absolute atomic E-state index is 13.7. The van der Waals surface area contributed by atoms with Gasteiger partial charge in [0.1, 0.15) is 11.9 Å². The van der Waals surface area contributed by atoms with Crippen LogP contribution in [0, 0.1) is 0 Å². The molecule has 5 rings (SSSR count). The van der Waals surface area contributed by atoms with Gasteiger partial charge in [-0.2, -0.15) is 0 Å². The van der Waals surface area contributed by atoms with Gasteiger partial charge in [0.05, 0.1) is 12.6 Å². The van der Waals surface area contributed by atoms with Crippen molar-refractivity contribution in [3.63, 3.8) is 0 Å². The molecule has 2 unspecified atom stereocenters. The standard InChI is InChI=1S/C30H31N5O4/c31-28-24-11-10-19(15-22(24)12-13-32-28)17-34-29(38)26-9-4-14-35(26)30(39)25(33-18-27(36)37)16-21-7-3-6-20-5-1-2-8-23(20)21/h1-3,5-8,10-13,15,25-26,33H,4,9,14,16-18H2,(H2,31,32)(H,34,38)(H,36,37). The molecular formula is C30H31N5O4. The van der Waals surface area contributed by atoms with Crippen LogP contribution < -0.4 is 16.4 Å². The number of carbonyl (C=O) groups excluding carboxylic acids is 2. The number of carbonyl (C=O) groups is 3. The molecular weight excluding hydrogens is 494 g/mol. The maximum atomic E-state index is 13.7. The summed E-state index contributed by atoms with van der Waals surface area (Å²) in [5.74, 6) is -1.08. The predicted octanol–water partition coefficient (Wildman–Crippen LogP) is 2.86. The summed E-state index contributed by atoms with van der Waals surface area (Å²) in [4.78, 5) is 44.0. The zero-order valence-electron chi connectivity index (χ0n) is 21.5. The molecule has 1 fully saturated rings.